The summed E-state index contributed by atoms with van der Waals surface area (Å²) in [5.41, 5.74) is 0.183. The summed E-state index contributed by atoms with van der Waals surface area (Å²) in [5.74, 6) is 3.07. The molecule has 6 nitrogen and oxygen atoms in total. The summed E-state index contributed by atoms with van der Waals surface area (Å²) >= 11 is 5.62. The normalized spacial score (nSPS) is 43.7. The highest BCUT2D eigenvalue weighted by molar-refractivity contribution is 6.18. The van der Waals surface area contributed by atoms with Crippen molar-refractivity contribution in [2.24, 2.45) is 39.8 Å². The van der Waals surface area contributed by atoms with Crippen LogP contribution in [0.25, 0.3) is 0 Å². The molecule has 7 atom stereocenters. The molecule has 162 valence electrons. The zero-order valence-electron chi connectivity index (χ0n) is 17.6. The molecular formula is C22H33ClN2O4. The van der Waals surface area contributed by atoms with Crippen LogP contribution in [0.5, 0.6) is 0 Å². The lowest BCUT2D eigenvalue weighted by atomic mass is 9.45. The SMILES string of the molecule is C[C@]12CC[C@H](OC(=O)N(CCCl)N=O)C[C@H]1CC[C@@H]1[C@@H]2CC[C@]2(C)C(=O)CC[C@@H]12. The molecule has 7 heteroatoms. The Morgan fingerprint density at radius 1 is 1.17 bits per heavy atom. The van der Waals surface area contributed by atoms with Crippen LogP contribution < -0.4 is 0 Å². The van der Waals surface area contributed by atoms with Crippen LogP contribution in [0.4, 0.5) is 4.79 Å². The molecule has 0 radical (unpaired) electrons. The summed E-state index contributed by atoms with van der Waals surface area (Å²) < 4.78 is 5.62. The van der Waals surface area contributed by atoms with Gasteiger partial charge in [-0.15, -0.1) is 16.5 Å². The average Bonchev–Trinajstić information content (AvgIpc) is 3.01. The van der Waals surface area contributed by atoms with Crippen molar-refractivity contribution in [3.05, 3.63) is 4.91 Å². The lowest BCUT2D eigenvalue weighted by molar-refractivity contribution is -0.142. The summed E-state index contributed by atoms with van der Waals surface area (Å²) in [7, 11) is 0. The second-order valence-electron chi connectivity index (χ2n) is 10.2. The van der Waals surface area contributed by atoms with Crippen molar-refractivity contribution >= 4 is 23.5 Å². The Morgan fingerprint density at radius 2 is 1.97 bits per heavy atom. The van der Waals surface area contributed by atoms with Crippen LogP contribution in [0.3, 0.4) is 0 Å². The molecule has 4 rings (SSSR count). The molecule has 0 saturated heterocycles. The average molecular weight is 425 g/mol. The van der Waals surface area contributed by atoms with Gasteiger partial charge in [0.1, 0.15) is 11.9 Å². The van der Waals surface area contributed by atoms with Crippen molar-refractivity contribution in [2.45, 2.75) is 77.7 Å². The number of halogens is 1. The molecule has 4 saturated carbocycles. The summed E-state index contributed by atoms with van der Waals surface area (Å²) in [5, 5.41) is 3.51. The molecule has 0 aromatic carbocycles. The summed E-state index contributed by atoms with van der Waals surface area (Å²) in [6.07, 6.45) is 8.26. The van der Waals surface area contributed by atoms with Gasteiger partial charge in [-0.3, -0.25) is 4.79 Å². The Labute approximate surface area is 178 Å². The van der Waals surface area contributed by atoms with Gasteiger partial charge in [-0.05, 0) is 80.5 Å². The number of alkyl halides is 1. The highest BCUT2D eigenvalue weighted by Crippen LogP contribution is 2.65. The molecule has 0 bridgehead atoms. The van der Waals surface area contributed by atoms with E-state index in [1.54, 1.807) is 0 Å². The molecule has 29 heavy (non-hydrogen) atoms. The van der Waals surface area contributed by atoms with Crippen LogP contribution in [0.1, 0.15) is 71.6 Å². The zero-order valence-corrected chi connectivity index (χ0v) is 18.3. The van der Waals surface area contributed by atoms with Crippen LogP contribution in [0.15, 0.2) is 5.29 Å². The number of hydrogen-bond acceptors (Lipinski definition) is 5. The van der Waals surface area contributed by atoms with Gasteiger partial charge in [-0.25, -0.2) is 4.79 Å². The van der Waals surface area contributed by atoms with Gasteiger partial charge >= 0.3 is 6.09 Å². The van der Waals surface area contributed by atoms with Gasteiger partial charge in [0.05, 0.1) is 11.8 Å². The van der Waals surface area contributed by atoms with Gasteiger partial charge in [0.15, 0.2) is 0 Å². The Kier molecular flexibility index (Phi) is 5.69. The lowest BCUT2D eigenvalue weighted by Gasteiger charge is -2.60. The molecule has 0 heterocycles. The third-order valence-corrected chi connectivity index (χ3v) is 9.37. The number of fused-ring (bicyclic) bond motifs is 5. The van der Waals surface area contributed by atoms with Crippen molar-refractivity contribution in [1.82, 2.24) is 5.01 Å². The number of hydrogen-bond donors (Lipinski definition) is 0. The third kappa shape index (κ3) is 3.39. The van der Waals surface area contributed by atoms with Crippen molar-refractivity contribution in [3.63, 3.8) is 0 Å². The maximum atomic E-state index is 12.5. The Hall–Kier alpha value is -1.17. The first kappa shape index (κ1) is 21.1. The van der Waals surface area contributed by atoms with Crippen LogP contribution in [-0.2, 0) is 9.53 Å². The molecule has 4 aliphatic rings. The number of amides is 1. The first-order valence-electron chi connectivity index (χ1n) is 11.2. The van der Waals surface area contributed by atoms with Crippen molar-refractivity contribution in [2.75, 3.05) is 12.4 Å². The lowest BCUT2D eigenvalue weighted by Crippen LogP contribution is -2.54. The van der Waals surface area contributed by atoms with E-state index >= 15 is 0 Å². The Bertz CT molecular complexity index is 688. The largest absolute Gasteiger partial charge is 0.445 e. The van der Waals surface area contributed by atoms with Crippen LogP contribution in [-0.4, -0.2) is 35.4 Å². The molecule has 0 unspecified atom stereocenters. The quantitative estimate of drug-likeness (QED) is 0.347. The van der Waals surface area contributed by atoms with Crippen LogP contribution in [0, 0.1) is 39.4 Å². The smallest absolute Gasteiger partial charge is 0.433 e. The fourth-order valence-corrected chi connectivity index (χ4v) is 7.71. The fraction of sp³-hybridized carbons (Fsp3) is 0.909. The number of carbonyl (C=O) groups excluding carboxylic acids is 2. The predicted octanol–water partition coefficient (Wildman–Crippen LogP) is 5.33. The Balaban J connectivity index is 1.43. The minimum absolute atomic E-state index is 0.0698. The first-order chi connectivity index (χ1) is 13.8. The number of nitroso groups, excluding NO2 is 1. The number of ketones is 1. The van der Waals surface area contributed by atoms with Gasteiger partial charge in [0.25, 0.3) is 0 Å². The second-order valence-corrected chi connectivity index (χ2v) is 10.6. The molecule has 0 aliphatic heterocycles. The monoisotopic (exact) mass is 424 g/mol. The predicted molar refractivity (Wildman–Crippen MR) is 110 cm³/mol. The van der Waals surface area contributed by atoms with Crippen LogP contribution in [0.2, 0.25) is 0 Å². The molecule has 0 aromatic rings. The number of carbonyl (C=O) groups is 2. The highest BCUT2D eigenvalue weighted by atomic mass is 35.5. The Morgan fingerprint density at radius 3 is 2.69 bits per heavy atom. The molecule has 0 N–H and O–H groups in total. The topological polar surface area (TPSA) is 76.0 Å². The third-order valence-electron chi connectivity index (χ3n) is 9.20. The van der Waals surface area contributed by atoms with Crippen LogP contribution >= 0.6 is 11.6 Å². The van der Waals surface area contributed by atoms with Gasteiger partial charge in [-0.2, -0.15) is 5.01 Å². The van der Waals surface area contributed by atoms with Gasteiger partial charge in [-0.1, -0.05) is 13.8 Å². The summed E-state index contributed by atoms with van der Waals surface area (Å²) in [6.45, 7) is 4.74. The molecule has 4 aliphatic carbocycles. The maximum absolute atomic E-state index is 12.5. The summed E-state index contributed by atoms with van der Waals surface area (Å²) in [4.78, 5) is 35.6. The van der Waals surface area contributed by atoms with Crippen molar-refractivity contribution in [1.29, 1.82) is 0 Å². The molecule has 0 aromatic heterocycles. The zero-order chi connectivity index (χ0) is 20.8. The highest BCUT2D eigenvalue weighted by Gasteiger charge is 2.60. The molecule has 0 spiro atoms. The van der Waals surface area contributed by atoms with E-state index in [0.717, 1.165) is 56.4 Å². The van der Waals surface area contributed by atoms with E-state index in [2.05, 4.69) is 19.1 Å². The number of rotatable bonds is 4. The second kappa shape index (κ2) is 7.82. The van der Waals surface area contributed by atoms with Crippen molar-refractivity contribution < 1.29 is 14.3 Å². The minimum Gasteiger partial charge on any atom is -0.445 e. The molecule has 4 fully saturated rings. The minimum atomic E-state index is -0.680. The van der Waals surface area contributed by atoms with E-state index in [0.29, 0.717) is 29.5 Å². The van der Waals surface area contributed by atoms with E-state index in [9.17, 15) is 14.5 Å². The number of nitrogens with zero attached hydrogens (tertiary/aromatic N) is 2. The van der Waals surface area contributed by atoms with E-state index in [-0.39, 0.29) is 29.4 Å². The fourth-order valence-electron chi connectivity index (χ4n) is 7.55. The van der Waals surface area contributed by atoms with E-state index in [1.165, 1.54) is 6.42 Å². The van der Waals surface area contributed by atoms with E-state index in [4.69, 9.17) is 16.3 Å². The number of Topliss-reactive ketones (excluding diaryl/α,β-unsaturated/α-hetero) is 1. The van der Waals surface area contributed by atoms with Gasteiger partial charge in [0.2, 0.25) is 0 Å². The van der Waals surface area contributed by atoms with Gasteiger partial charge < -0.3 is 4.74 Å². The van der Waals surface area contributed by atoms with E-state index in [1.807, 2.05) is 0 Å². The first-order valence-corrected chi connectivity index (χ1v) is 11.8. The maximum Gasteiger partial charge on any atom is 0.433 e. The van der Waals surface area contributed by atoms with Crippen molar-refractivity contribution in [3.8, 4) is 0 Å². The van der Waals surface area contributed by atoms with Gasteiger partial charge in [0, 0.05) is 17.7 Å². The summed E-state index contributed by atoms with van der Waals surface area (Å²) in [6, 6.07) is 0. The molecule has 1 amide bonds. The number of ether oxygens (including phenoxy) is 1. The standard InChI is InChI=1S/C22H33ClN2O4/c1-21-9-7-15(29-20(27)25(24-28)12-11-23)13-14(21)3-4-16-17-5-6-19(26)22(17,2)10-8-18(16)21/h14-18H,3-13H2,1-2H3/t14-,15+,16+,17+,18+,21+,22+/m1/s1. The molecular weight excluding hydrogens is 392 g/mol. The van der Waals surface area contributed by atoms with E-state index < -0.39 is 6.09 Å².